The van der Waals surface area contributed by atoms with Crippen molar-refractivity contribution in [2.45, 2.75) is 13.3 Å². The van der Waals surface area contributed by atoms with Crippen LogP contribution >= 0.6 is 11.6 Å². The molecule has 0 aliphatic rings. The Kier molecular flexibility index (Phi) is 4.06. The molecular weight excluding hydrogens is 266 g/mol. The van der Waals surface area contributed by atoms with E-state index >= 15 is 0 Å². The maximum absolute atomic E-state index is 9.56. The molecule has 0 fully saturated rings. The Morgan fingerprint density at radius 3 is 2.89 bits per heavy atom. The molecule has 2 rings (SSSR count). The minimum absolute atomic E-state index is 0.0308. The zero-order valence-electron chi connectivity index (χ0n) is 10.4. The van der Waals surface area contributed by atoms with Crippen LogP contribution in [0.15, 0.2) is 24.3 Å². The van der Waals surface area contributed by atoms with E-state index in [9.17, 15) is 5.11 Å². The first-order chi connectivity index (χ1) is 9.11. The van der Waals surface area contributed by atoms with Crippen LogP contribution in [0.2, 0.25) is 5.02 Å². The van der Waals surface area contributed by atoms with Gasteiger partial charge in [0.15, 0.2) is 0 Å². The highest BCUT2D eigenvalue weighted by molar-refractivity contribution is 6.34. The Morgan fingerprint density at radius 1 is 1.37 bits per heavy atom. The van der Waals surface area contributed by atoms with Crippen LogP contribution in [0.5, 0.6) is 11.6 Å². The second-order valence-corrected chi connectivity index (χ2v) is 4.32. The van der Waals surface area contributed by atoms with Crippen molar-refractivity contribution in [2.75, 3.05) is 12.3 Å². The van der Waals surface area contributed by atoms with Gasteiger partial charge < -0.3 is 15.6 Å². The molecule has 0 spiro atoms. The number of nitrogens with two attached hydrogens (primary N) is 1. The third-order valence-corrected chi connectivity index (χ3v) is 2.78. The average molecular weight is 280 g/mol. The summed E-state index contributed by atoms with van der Waals surface area (Å²) < 4.78 is 5.54. The van der Waals surface area contributed by atoms with Crippen molar-refractivity contribution in [1.82, 2.24) is 9.97 Å². The van der Waals surface area contributed by atoms with Crippen LogP contribution in [0.4, 0.5) is 5.95 Å². The second-order valence-electron chi connectivity index (χ2n) is 3.94. The number of halogens is 1. The van der Waals surface area contributed by atoms with Gasteiger partial charge in [0.1, 0.15) is 10.8 Å². The Hall–Kier alpha value is -2.01. The van der Waals surface area contributed by atoms with E-state index in [4.69, 9.17) is 22.1 Å². The monoisotopic (exact) mass is 279 g/mol. The van der Waals surface area contributed by atoms with Crippen LogP contribution in [0.3, 0.4) is 0 Å². The fourth-order valence-corrected chi connectivity index (χ4v) is 1.79. The topological polar surface area (TPSA) is 81.3 Å². The number of rotatable bonds is 4. The van der Waals surface area contributed by atoms with Crippen molar-refractivity contribution in [3.8, 4) is 22.9 Å². The summed E-state index contributed by atoms with van der Waals surface area (Å²) in [4.78, 5) is 7.63. The van der Waals surface area contributed by atoms with E-state index in [0.717, 1.165) is 6.42 Å². The van der Waals surface area contributed by atoms with Crippen LogP contribution in [-0.2, 0) is 0 Å². The minimum atomic E-state index is -0.330. The first kappa shape index (κ1) is 13.4. The summed E-state index contributed by atoms with van der Waals surface area (Å²) in [6.07, 6.45) is 0.923. The van der Waals surface area contributed by atoms with Crippen molar-refractivity contribution in [2.24, 2.45) is 0 Å². The van der Waals surface area contributed by atoms with Crippen LogP contribution in [0.25, 0.3) is 11.3 Å². The largest absolute Gasteiger partial charge is 0.494 e. The summed E-state index contributed by atoms with van der Waals surface area (Å²) in [6.45, 7) is 2.66. The molecule has 0 bridgehead atoms. The smallest absolute Gasteiger partial charge is 0.235 e. The van der Waals surface area contributed by atoms with Gasteiger partial charge in [-0.2, -0.15) is 4.98 Å². The third kappa shape index (κ3) is 3.06. The van der Waals surface area contributed by atoms with Gasteiger partial charge in [-0.3, -0.25) is 0 Å². The number of ether oxygens (including phenoxy) is 1. The first-order valence-corrected chi connectivity index (χ1v) is 6.24. The van der Waals surface area contributed by atoms with Crippen molar-refractivity contribution >= 4 is 17.5 Å². The molecule has 0 aliphatic heterocycles. The van der Waals surface area contributed by atoms with Crippen LogP contribution in [0, 0.1) is 0 Å². The van der Waals surface area contributed by atoms with E-state index < -0.39 is 0 Å². The number of anilines is 1. The molecule has 19 heavy (non-hydrogen) atoms. The van der Waals surface area contributed by atoms with Gasteiger partial charge in [-0.1, -0.05) is 30.7 Å². The molecule has 1 aromatic heterocycles. The minimum Gasteiger partial charge on any atom is -0.494 e. The third-order valence-electron chi connectivity index (χ3n) is 2.43. The van der Waals surface area contributed by atoms with Gasteiger partial charge in [0.25, 0.3) is 0 Å². The molecule has 0 saturated heterocycles. The van der Waals surface area contributed by atoms with Gasteiger partial charge in [-0.15, -0.1) is 0 Å². The number of aromatic nitrogens is 2. The number of hydrogen-bond acceptors (Lipinski definition) is 5. The van der Waals surface area contributed by atoms with Gasteiger partial charge in [0.05, 0.1) is 12.3 Å². The molecule has 6 heteroatoms. The van der Waals surface area contributed by atoms with Gasteiger partial charge >= 0.3 is 0 Å². The van der Waals surface area contributed by atoms with E-state index in [1.165, 1.54) is 0 Å². The molecule has 5 nitrogen and oxygen atoms in total. The molecule has 0 unspecified atom stereocenters. The quantitative estimate of drug-likeness (QED) is 0.899. The number of benzene rings is 1. The van der Waals surface area contributed by atoms with Gasteiger partial charge in [-0.05, 0) is 18.6 Å². The maximum atomic E-state index is 9.56. The summed E-state index contributed by atoms with van der Waals surface area (Å²) in [6, 6.07) is 7.28. The van der Waals surface area contributed by atoms with E-state index in [1.54, 1.807) is 6.07 Å². The highest BCUT2D eigenvalue weighted by atomic mass is 35.5. The molecular formula is C13H14ClN3O2. The molecule has 1 aromatic carbocycles. The standard InChI is InChI=1S/C13H14ClN3O2/c1-2-6-19-9-5-3-4-8(7-9)11-10(14)12(18)17-13(15)16-11/h3-5,7H,2,6H2,1H3,(H3,15,16,17,18). The van der Waals surface area contributed by atoms with Crippen molar-refractivity contribution in [3.63, 3.8) is 0 Å². The molecule has 0 aliphatic carbocycles. The molecule has 2 aromatic rings. The fourth-order valence-electron chi connectivity index (χ4n) is 1.60. The summed E-state index contributed by atoms with van der Waals surface area (Å²) in [5.74, 6) is 0.355. The lowest BCUT2D eigenvalue weighted by Crippen LogP contribution is -1.98. The number of nitrogens with zero attached hydrogens (tertiary/aromatic N) is 2. The molecule has 3 N–H and O–H groups in total. The van der Waals surface area contributed by atoms with Crippen molar-refractivity contribution in [1.29, 1.82) is 0 Å². The first-order valence-electron chi connectivity index (χ1n) is 5.87. The normalized spacial score (nSPS) is 10.4. The Balaban J connectivity index is 2.41. The number of aromatic hydroxyl groups is 1. The highest BCUT2D eigenvalue weighted by Gasteiger charge is 2.13. The number of hydrogen-bond donors (Lipinski definition) is 2. The van der Waals surface area contributed by atoms with E-state index in [0.29, 0.717) is 23.6 Å². The predicted molar refractivity (Wildman–Crippen MR) is 74.3 cm³/mol. The molecule has 0 amide bonds. The lowest BCUT2D eigenvalue weighted by atomic mass is 10.1. The Labute approximate surface area is 116 Å². The summed E-state index contributed by atoms with van der Waals surface area (Å²) >= 11 is 5.99. The molecule has 100 valence electrons. The van der Waals surface area contributed by atoms with Crippen LogP contribution in [-0.4, -0.2) is 21.7 Å². The molecule has 1 heterocycles. The van der Waals surface area contributed by atoms with E-state index in [1.807, 2.05) is 25.1 Å². The van der Waals surface area contributed by atoms with Gasteiger partial charge in [0.2, 0.25) is 11.8 Å². The van der Waals surface area contributed by atoms with Crippen molar-refractivity contribution in [3.05, 3.63) is 29.3 Å². The zero-order chi connectivity index (χ0) is 13.8. The van der Waals surface area contributed by atoms with E-state index in [2.05, 4.69) is 9.97 Å². The van der Waals surface area contributed by atoms with Gasteiger partial charge in [0, 0.05) is 5.56 Å². The van der Waals surface area contributed by atoms with Crippen LogP contribution in [0.1, 0.15) is 13.3 Å². The van der Waals surface area contributed by atoms with Gasteiger partial charge in [-0.25, -0.2) is 4.98 Å². The Bertz CT molecular complexity index is 590. The fraction of sp³-hybridized carbons (Fsp3) is 0.231. The summed E-state index contributed by atoms with van der Waals surface area (Å²) in [5, 5.41) is 9.63. The highest BCUT2D eigenvalue weighted by Crippen LogP contribution is 2.33. The molecule has 0 saturated carbocycles. The second kappa shape index (κ2) is 5.75. The molecule has 0 atom stereocenters. The lowest BCUT2D eigenvalue weighted by molar-refractivity contribution is 0.317. The predicted octanol–water partition coefficient (Wildman–Crippen LogP) is 2.87. The number of nitrogen functional groups attached to an aromatic ring is 1. The summed E-state index contributed by atoms with van der Waals surface area (Å²) in [5.41, 5.74) is 6.61. The van der Waals surface area contributed by atoms with Crippen LogP contribution < -0.4 is 10.5 Å². The van der Waals surface area contributed by atoms with E-state index in [-0.39, 0.29) is 16.9 Å². The van der Waals surface area contributed by atoms with Crippen molar-refractivity contribution < 1.29 is 9.84 Å². The summed E-state index contributed by atoms with van der Waals surface area (Å²) in [7, 11) is 0. The SMILES string of the molecule is CCCOc1cccc(-c2nc(N)nc(O)c2Cl)c1. The maximum Gasteiger partial charge on any atom is 0.235 e. The molecule has 0 radical (unpaired) electrons. The Morgan fingerprint density at radius 2 is 2.16 bits per heavy atom. The lowest BCUT2D eigenvalue weighted by Gasteiger charge is -2.08. The zero-order valence-corrected chi connectivity index (χ0v) is 11.2. The average Bonchev–Trinajstić information content (AvgIpc) is 2.41.